The fraction of sp³-hybridized carbons (Fsp3) is 0.167. The first-order chi connectivity index (χ1) is 6.50. The van der Waals surface area contributed by atoms with Gasteiger partial charge >= 0.3 is 0 Å². The Balaban J connectivity index is 3.24. The van der Waals surface area contributed by atoms with Gasteiger partial charge in [0.2, 0.25) is 0 Å². The van der Waals surface area contributed by atoms with Crippen molar-refractivity contribution in [3.63, 3.8) is 0 Å². The number of aromatic amines is 1. The number of hydrogen-bond acceptors (Lipinski definition) is 1. The average molecular weight is 189 g/mol. The Bertz CT molecular complexity index is 473. The number of allylic oxidation sites excluding steroid dienone is 2. The van der Waals surface area contributed by atoms with Gasteiger partial charge in [-0.3, -0.25) is 0 Å². The van der Waals surface area contributed by atoms with Crippen LogP contribution in [0.3, 0.4) is 0 Å². The van der Waals surface area contributed by atoms with E-state index in [2.05, 4.69) is 18.1 Å². The number of nitrogens with one attached hydrogen (secondary N) is 1. The molecule has 1 rings (SSSR count). The molecular formula is C12H15NO. The average Bonchev–Trinajstić information content (AvgIpc) is 2.43. The summed E-state index contributed by atoms with van der Waals surface area (Å²) in [4.78, 5) is 3.02. The van der Waals surface area contributed by atoms with Crippen LogP contribution in [0.2, 0.25) is 0 Å². The molecule has 0 amide bonds. The van der Waals surface area contributed by atoms with Gasteiger partial charge < -0.3 is 10.1 Å². The molecule has 0 atom stereocenters. The zero-order valence-electron chi connectivity index (χ0n) is 8.59. The summed E-state index contributed by atoms with van der Waals surface area (Å²) < 4.78 is 0. The van der Waals surface area contributed by atoms with Gasteiger partial charge in [-0.15, -0.1) is 0 Å². The maximum Gasteiger partial charge on any atom is 0.131 e. The van der Waals surface area contributed by atoms with Crippen LogP contribution in [0.5, 0.6) is 0 Å². The molecule has 0 spiro atoms. The molecule has 2 heteroatoms. The minimum Gasteiger partial charge on any atom is -0.506 e. The lowest BCUT2D eigenvalue weighted by atomic mass is 10.3. The molecule has 2 nitrogen and oxygen atoms in total. The van der Waals surface area contributed by atoms with Crippen molar-refractivity contribution in [1.29, 1.82) is 0 Å². The standard InChI is InChI=1S/C12H15NO/c1-8(2)5-6-11-9(3)7-12(13-11)10(4)14/h5-7,13-14H,3-4H2,1-2H3/b11-6+. The fourth-order valence-corrected chi connectivity index (χ4v) is 1.07. The fourth-order valence-electron chi connectivity index (χ4n) is 1.07. The first kappa shape index (κ1) is 10.4. The van der Waals surface area contributed by atoms with Crippen LogP contribution in [-0.4, -0.2) is 10.1 Å². The molecule has 14 heavy (non-hydrogen) atoms. The largest absolute Gasteiger partial charge is 0.506 e. The molecule has 0 unspecified atom stereocenters. The van der Waals surface area contributed by atoms with E-state index in [4.69, 9.17) is 5.11 Å². The number of hydrogen-bond donors (Lipinski definition) is 2. The summed E-state index contributed by atoms with van der Waals surface area (Å²) in [5, 5.41) is 10.9. The highest BCUT2D eigenvalue weighted by atomic mass is 16.3. The minimum absolute atomic E-state index is 0.0340. The highest BCUT2D eigenvalue weighted by Gasteiger charge is 1.96. The van der Waals surface area contributed by atoms with E-state index in [1.165, 1.54) is 5.57 Å². The molecule has 74 valence electrons. The number of aliphatic hydroxyl groups excluding tert-OH is 1. The van der Waals surface area contributed by atoms with Crippen LogP contribution < -0.4 is 10.6 Å². The summed E-state index contributed by atoms with van der Waals surface area (Å²) in [6.07, 6.45) is 3.93. The van der Waals surface area contributed by atoms with Gasteiger partial charge in [-0.1, -0.05) is 24.8 Å². The van der Waals surface area contributed by atoms with Crippen molar-refractivity contribution in [2.75, 3.05) is 0 Å². The zero-order valence-corrected chi connectivity index (χ0v) is 8.59. The summed E-state index contributed by atoms with van der Waals surface area (Å²) >= 11 is 0. The van der Waals surface area contributed by atoms with Gasteiger partial charge in [0, 0.05) is 5.35 Å². The van der Waals surface area contributed by atoms with E-state index in [0.29, 0.717) is 5.69 Å². The van der Waals surface area contributed by atoms with E-state index in [1.807, 2.05) is 26.0 Å². The minimum atomic E-state index is 0.0340. The van der Waals surface area contributed by atoms with Crippen LogP contribution in [0.1, 0.15) is 19.5 Å². The molecule has 1 heterocycles. The molecule has 0 aromatic carbocycles. The molecule has 2 N–H and O–H groups in total. The molecule has 0 fully saturated rings. The third-order valence-electron chi connectivity index (χ3n) is 1.83. The summed E-state index contributed by atoms with van der Waals surface area (Å²) in [6, 6.07) is 1.77. The van der Waals surface area contributed by atoms with Gasteiger partial charge in [0.25, 0.3) is 0 Å². The van der Waals surface area contributed by atoms with Gasteiger partial charge in [-0.25, -0.2) is 0 Å². The van der Waals surface area contributed by atoms with E-state index in [-0.39, 0.29) is 5.76 Å². The first-order valence-electron chi connectivity index (χ1n) is 4.42. The second-order valence-electron chi connectivity index (χ2n) is 3.48. The van der Waals surface area contributed by atoms with Crippen LogP contribution >= 0.6 is 0 Å². The molecule has 0 aliphatic rings. The number of aliphatic hydroxyl groups is 1. The molecule has 0 bridgehead atoms. The van der Waals surface area contributed by atoms with Crippen molar-refractivity contribution < 1.29 is 5.11 Å². The first-order valence-corrected chi connectivity index (χ1v) is 4.42. The van der Waals surface area contributed by atoms with Crippen molar-refractivity contribution in [2.45, 2.75) is 13.8 Å². The Labute approximate surface area is 83.6 Å². The van der Waals surface area contributed by atoms with Crippen molar-refractivity contribution >= 4 is 18.4 Å². The van der Waals surface area contributed by atoms with E-state index < -0.39 is 0 Å². The Morgan fingerprint density at radius 3 is 2.57 bits per heavy atom. The normalized spacial score (nSPS) is 11.4. The van der Waals surface area contributed by atoms with Crippen LogP contribution in [0, 0.1) is 0 Å². The SMILES string of the molecule is C=C(O)c1cc(=C)/c(=C\C=C(C)C)[nH]1. The zero-order chi connectivity index (χ0) is 10.7. The summed E-state index contributed by atoms with van der Waals surface area (Å²) in [6.45, 7) is 11.3. The molecule has 0 aliphatic heterocycles. The van der Waals surface area contributed by atoms with E-state index >= 15 is 0 Å². The molecule has 0 aliphatic carbocycles. The molecule has 0 saturated carbocycles. The topological polar surface area (TPSA) is 36.0 Å². The van der Waals surface area contributed by atoms with Gasteiger partial charge in [0.15, 0.2) is 0 Å². The van der Waals surface area contributed by atoms with Crippen LogP contribution in [0.15, 0.2) is 24.3 Å². The smallest absolute Gasteiger partial charge is 0.131 e. The maximum atomic E-state index is 9.16. The van der Waals surface area contributed by atoms with E-state index in [1.54, 1.807) is 6.07 Å². The molecular weight excluding hydrogens is 174 g/mol. The molecule has 1 aromatic heterocycles. The lowest BCUT2D eigenvalue weighted by Crippen LogP contribution is -2.19. The van der Waals surface area contributed by atoms with Crippen molar-refractivity contribution in [3.05, 3.63) is 40.6 Å². The Kier molecular flexibility index (Phi) is 2.97. The number of rotatable bonds is 2. The van der Waals surface area contributed by atoms with E-state index in [0.717, 1.165) is 10.6 Å². The number of aromatic nitrogens is 1. The second kappa shape index (κ2) is 4.01. The molecule has 0 radical (unpaired) electrons. The molecule has 1 aromatic rings. The maximum absolute atomic E-state index is 9.16. The van der Waals surface area contributed by atoms with Crippen molar-refractivity contribution in [1.82, 2.24) is 4.98 Å². The van der Waals surface area contributed by atoms with Crippen molar-refractivity contribution in [2.24, 2.45) is 0 Å². The van der Waals surface area contributed by atoms with E-state index in [9.17, 15) is 0 Å². The van der Waals surface area contributed by atoms with Crippen molar-refractivity contribution in [3.8, 4) is 0 Å². The third kappa shape index (κ3) is 2.39. The van der Waals surface area contributed by atoms with Crippen LogP contribution in [-0.2, 0) is 0 Å². The predicted molar refractivity (Wildman–Crippen MR) is 61.1 cm³/mol. The predicted octanol–water partition coefficient (Wildman–Crippen LogP) is 1.70. The molecule has 0 saturated heterocycles. The lowest BCUT2D eigenvalue weighted by Gasteiger charge is -1.88. The third-order valence-corrected chi connectivity index (χ3v) is 1.83. The van der Waals surface area contributed by atoms with Gasteiger partial charge in [-0.05, 0) is 31.2 Å². The summed E-state index contributed by atoms with van der Waals surface area (Å²) in [7, 11) is 0. The van der Waals surface area contributed by atoms with Crippen LogP contribution in [0.4, 0.5) is 0 Å². The van der Waals surface area contributed by atoms with Gasteiger partial charge in [0.05, 0.1) is 5.69 Å². The Hall–Kier alpha value is -1.70. The summed E-state index contributed by atoms with van der Waals surface area (Å²) in [5.74, 6) is 0.0340. The highest BCUT2D eigenvalue weighted by molar-refractivity contribution is 5.53. The highest BCUT2D eigenvalue weighted by Crippen LogP contribution is 1.98. The van der Waals surface area contributed by atoms with Crippen LogP contribution in [0.25, 0.3) is 18.4 Å². The van der Waals surface area contributed by atoms with Gasteiger partial charge in [0.1, 0.15) is 5.76 Å². The second-order valence-corrected chi connectivity index (χ2v) is 3.48. The summed E-state index contributed by atoms with van der Waals surface area (Å²) in [5.41, 5.74) is 1.83. The number of H-pyrrole nitrogens is 1. The monoisotopic (exact) mass is 189 g/mol. The Morgan fingerprint density at radius 1 is 1.50 bits per heavy atom. The Morgan fingerprint density at radius 2 is 2.14 bits per heavy atom. The lowest BCUT2D eigenvalue weighted by molar-refractivity contribution is 0.511. The quantitative estimate of drug-likeness (QED) is 0.682. The van der Waals surface area contributed by atoms with Gasteiger partial charge in [-0.2, -0.15) is 0 Å².